The Morgan fingerprint density at radius 1 is 1.26 bits per heavy atom. The van der Waals surface area contributed by atoms with Crippen LogP contribution < -0.4 is 0 Å². The molecule has 0 unspecified atom stereocenters. The Morgan fingerprint density at radius 3 is 2.35 bits per heavy atom. The monoisotopic (exact) mass is 435 g/mol. The summed E-state index contributed by atoms with van der Waals surface area (Å²) in [5.74, 6) is -7.30. The van der Waals surface area contributed by atoms with Crippen LogP contribution >= 0.6 is 0 Å². The van der Waals surface area contributed by atoms with Crippen molar-refractivity contribution in [2.75, 3.05) is 7.11 Å². The molecule has 9 heteroatoms. The van der Waals surface area contributed by atoms with Crippen molar-refractivity contribution < 1.29 is 37.3 Å². The third kappa shape index (κ3) is 3.73. The maximum absolute atomic E-state index is 14.1. The standard InChI is InChI=1S/C22H20F3NO5/c1-20(2)8-14(11-27)16-15(9-20)31-21(29,22(23,24)25)18(19(28)30-3)17(16)13-6-4-12(10-26)5-7-13/h4-7,17-18,29H,8-9H2,1-3H3/t17-,18-,21+/m1/s1. The van der Waals surface area contributed by atoms with E-state index in [0.717, 1.165) is 7.11 Å². The van der Waals surface area contributed by atoms with Crippen molar-refractivity contribution in [1.82, 2.24) is 0 Å². The minimum absolute atomic E-state index is 0.00652. The Hall–Kier alpha value is -3.08. The summed E-state index contributed by atoms with van der Waals surface area (Å²) in [6.07, 6.45) is -5.14. The highest BCUT2D eigenvalue weighted by Gasteiger charge is 2.69. The molecule has 3 atom stereocenters. The lowest BCUT2D eigenvalue weighted by atomic mass is 9.65. The van der Waals surface area contributed by atoms with Crippen LogP contribution in [0.4, 0.5) is 13.2 Å². The Balaban J connectivity index is 2.36. The summed E-state index contributed by atoms with van der Waals surface area (Å²) >= 11 is 0. The molecule has 3 rings (SSSR count). The molecular formula is C22H20F3NO5. The quantitative estimate of drug-likeness (QED) is 0.564. The molecule has 1 aromatic rings. The lowest BCUT2D eigenvalue weighted by molar-refractivity contribution is -0.378. The van der Waals surface area contributed by atoms with Crippen LogP contribution in [0.5, 0.6) is 0 Å². The van der Waals surface area contributed by atoms with E-state index in [0.29, 0.717) is 0 Å². The maximum atomic E-state index is 14.1. The Kier molecular flexibility index (Phi) is 5.51. The fourth-order valence-electron chi connectivity index (χ4n) is 4.30. The number of halogens is 3. The van der Waals surface area contributed by atoms with E-state index in [1.54, 1.807) is 19.8 Å². The van der Waals surface area contributed by atoms with Crippen LogP contribution in [0.1, 0.15) is 43.7 Å². The summed E-state index contributed by atoms with van der Waals surface area (Å²) in [5, 5.41) is 19.8. The fraction of sp³-hybridized carbons (Fsp3) is 0.455. The largest absolute Gasteiger partial charge is 0.469 e. The van der Waals surface area contributed by atoms with E-state index in [4.69, 9.17) is 10.00 Å². The summed E-state index contributed by atoms with van der Waals surface area (Å²) in [6.45, 7) is 3.49. The first kappa shape index (κ1) is 22.6. The predicted octanol–water partition coefficient (Wildman–Crippen LogP) is 3.54. The molecule has 31 heavy (non-hydrogen) atoms. The second kappa shape index (κ2) is 7.56. The average Bonchev–Trinajstić information content (AvgIpc) is 2.70. The number of nitrogens with zero attached hydrogens (tertiary/aromatic N) is 1. The number of rotatable bonds is 2. The maximum Gasteiger partial charge on any atom is 0.456 e. The number of nitriles is 1. The van der Waals surface area contributed by atoms with E-state index >= 15 is 0 Å². The summed E-state index contributed by atoms with van der Waals surface area (Å²) in [4.78, 5) is 24.4. The number of esters is 1. The van der Waals surface area contributed by atoms with Crippen LogP contribution in [0.2, 0.25) is 0 Å². The number of allylic oxidation sites excluding steroid dienone is 3. The number of carbonyl (C=O) groups excluding carboxylic acids is 2. The van der Waals surface area contributed by atoms with Gasteiger partial charge < -0.3 is 14.6 Å². The summed E-state index contributed by atoms with van der Waals surface area (Å²) in [6, 6.07) is 7.43. The molecule has 2 aliphatic rings. The van der Waals surface area contributed by atoms with E-state index in [-0.39, 0.29) is 40.9 Å². The molecule has 0 bridgehead atoms. The van der Waals surface area contributed by atoms with Crippen LogP contribution in [0.3, 0.4) is 0 Å². The van der Waals surface area contributed by atoms with Crippen molar-refractivity contribution in [3.8, 4) is 6.07 Å². The minimum atomic E-state index is -5.35. The number of carbonyl (C=O) groups is 1. The summed E-state index contributed by atoms with van der Waals surface area (Å²) < 4.78 is 51.9. The molecule has 6 nitrogen and oxygen atoms in total. The molecule has 1 aliphatic heterocycles. The lowest BCUT2D eigenvalue weighted by Gasteiger charge is -2.48. The van der Waals surface area contributed by atoms with E-state index in [1.165, 1.54) is 24.3 Å². The smallest absolute Gasteiger partial charge is 0.456 e. The van der Waals surface area contributed by atoms with Gasteiger partial charge in [-0.05, 0) is 29.5 Å². The van der Waals surface area contributed by atoms with Crippen molar-refractivity contribution in [2.24, 2.45) is 11.3 Å². The van der Waals surface area contributed by atoms with E-state index in [2.05, 4.69) is 4.74 Å². The lowest BCUT2D eigenvalue weighted by Crippen LogP contribution is -2.60. The number of hydrogen-bond acceptors (Lipinski definition) is 6. The SMILES string of the molecule is COC(=O)[C@H]1[C@H](c2ccc(C#N)cc2)C2=C(CC(C)(C)CC2=C=O)O[C@]1(O)C(F)(F)F. The molecule has 0 amide bonds. The van der Waals surface area contributed by atoms with Gasteiger partial charge >= 0.3 is 17.9 Å². The van der Waals surface area contributed by atoms with Crippen LogP contribution in [0, 0.1) is 22.7 Å². The Labute approximate surface area is 176 Å². The van der Waals surface area contributed by atoms with Gasteiger partial charge in [0.05, 0.1) is 18.7 Å². The number of alkyl halides is 3. The third-order valence-electron chi connectivity index (χ3n) is 5.65. The van der Waals surface area contributed by atoms with Gasteiger partial charge in [0.25, 0.3) is 0 Å². The number of aliphatic hydroxyl groups is 1. The van der Waals surface area contributed by atoms with Gasteiger partial charge in [0.15, 0.2) is 0 Å². The van der Waals surface area contributed by atoms with E-state index < -0.39 is 35.2 Å². The van der Waals surface area contributed by atoms with Gasteiger partial charge in [0.1, 0.15) is 17.6 Å². The molecule has 0 saturated heterocycles. The minimum Gasteiger partial charge on any atom is -0.469 e. The highest BCUT2D eigenvalue weighted by atomic mass is 19.4. The number of benzene rings is 1. The highest BCUT2D eigenvalue weighted by molar-refractivity contribution is 5.78. The van der Waals surface area contributed by atoms with Gasteiger partial charge in [-0.15, -0.1) is 0 Å². The van der Waals surface area contributed by atoms with Gasteiger partial charge in [-0.25, -0.2) is 4.79 Å². The van der Waals surface area contributed by atoms with Gasteiger partial charge in [0, 0.05) is 23.5 Å². The van der Waals surface area contributed by atoms with Crippen LogP contribution in [-0.4, -0.2) is 36.1 Å². The van der Waals surface area contributed by atoms with Gasteiger partial charge in [-0.1, -0.05) is 26.0 Å². The van der Waals surface area contributed by atoms with Crippen LogP contribution in [0.15, 0.2) is 41.2 Å². The van der Waals surface area contributed by atoms with E-state index in [9.17, 15) is 27.9 Å². The van der Waals surface area contributed by atoms with Crippen LogP contribution in [-0.2, 0) is 19.1 Å². The average molecular weight is 435 g/mol. The molecule has 0 fully saturated rings. The highest BCUT2D eigenvalue weighted by Crippen LogP contribution is 2.57. The number of ether oxygens (including phenoxy) is 2. The van der Waals surface area contributed by atoms with Crippen molar-refractivity contribution in [3.05, 3.63) is 52.3 Å². The molecule has 164 valence electrons. The predicted molar refractivity (Wildman–Crippen MR) is 101 cm³/mol. The van der Waals surface area contributed by atoms with Gasteiger partial charge in [-0.3, -0.25) is 4.79 Å². The third-order valence-corrected chi connectivity index (χ3v) is 5.65. The first-order valence-electron chi connectivity index (χ1n) is 9.42. The zero-order chi connectivity index (χ0) is 23.2. The van der Waals surface area contributed by atoms with Crippen molar-refractivity contribution in [3.63, 3.8) is 0 Å². The van der Waals surface area contributed by atoms with Crippen molar-refractivity contribution in [2.45, 2.75) is 44.6 Å². The molecule has 0 spiro atoms. The molecule has 0 radical (unpaired) electrons. The molecule has 1 heterocycles. The van der Waals surface area contributed by atoms with Crippen LogP contribution in [0.25, 0.3) is 0 Å². The molecular weight excluding hydrogens is 415 g/mol. The van der Waals surface area contributed by atoms with E-state index in [1.807, 2.05) is 6.07 Å². The Bertz CT molecular complexity index is 1030. The molecule has 1 aromatic carbocycles. The van der Waals surface area contributed by atoms with Crippen molar-refractivity contribution >= 4 is 11.9 Å². The number of hydrogen-bond donors (Lipinski definition) is 1. The molecule has 1 N–H and O–H groups in total. The molecule has 0 aromatic heterocycles. The first-order valence-corrected chi connectivity index (χ1v) is 9.42. The fourth-order valence-corrected chi connectivity index (χ4v) is 4.30. The zero-order valence-corrected chi connectivity index (χ0v) is 17.0. The van der Waals surface area contributed by atoms with Gasteiger partial charge in [0.2, 0.25) is 0 Å². The second-order valence-corrected chi connectivity index (χ2v) is 8.44. The molecule has 0 saturated carbocycles. The summed E-state index contributed by atoms with van der Waals surface area (Å²) in [5.41, 5.74) is -0.0325. The van der Waals surface area contributed by atoms with Crippen molar-refractivity contribution in [1.29, 1.82) is 5.26 Å². The Morgan fingerprint density at radius 2 is 1.87 bits per heavy atom. The van der Waals surface area contributed by atoms with Gasteiger partial charge in [-0.2, -0.15) is 18.4 Å². The zero-order valence-electron chi connectivity index (χ0n) is 17.0. The molecule has 1 aliphatic carbocycles. The summed E-state index contributed by atoms with van der Waals surface area (Å²) in [7, 11) is 0.902. The normalized spacial score (nSPS) is 27.5. The topological polar surface area (TPSA) is 96.6 Å². The first-order chi connectivity index (χ1) is 14.4. The number of methoxy groups -OCH3 is 1. The second-order valence-electron chi connectivity index (χ2n) is 8.44.